The molecule has 0 aliphatic carbocycles. The number of aliphatic hydroxyl groups is 1. The van der Waals surface area contributed by atoms with E-state index in [1.54, 1.807) is 12.1 Å². The Balaban J connectivity index is 2.87. The predicted octanol–water partition coefficient (Wildman–Crippen LogP) is 4.03. The van der Waals surface area contributed by atoms with Crippen molar-refractivity contribution in [1.82, 2.24) is 0 Å². The minimum absolute atomic E-state index is 0.0761. The number of hydrogen-bond acceptors (Lipinski definition) is 7. The summed E-state index contributed by atoms with van der Waals surface area (Å²) in [5.41, 5.74) is 0.285. The highest BCUT2D eigenvalue weighted by Gasteiger charge is 2.37. The highest BCUT2D eigenvalue weighted by Crippen LogP contribution is 2.39. The van der Waals surface area contributed by atoms with Crippen LogP contribution in [0.4, 0.5) is 0 Å². The lowest BCUT2D eigenvalue weighted by Crippen LogP contribution is -2.41. The number of aliphatic hydroxyl groups excluding tert-OH is 1. The van der Waals surface area contributed by atoms with Crippen LogP contribution >= 0.6 is 0 Å². The van der Waals surface area contributed by atoms with Gasteiger partial charge in [0.1, 0.15) is 6.10 Å². The molecule has 0 saturated carbocycles. The molecule has 1 aromatic carbocycles. The van der Waals surface area contributed by atoms with E-state index in [1.807, 2.05) is 0 Å². The van der Waals surface area contributed by atoms with Gasteiger partial charge in [-0.15, -0.1) is 0 Å². The second-order valence-electron chi connectivity index (χ2n) is 8.35. The summed E-state index contributed by atoms with van der Waals surface area (Å²) in [5.74, 6) is 0.633. The van der Waals surface area contributed by atoms with Crippen molar-refractivity contribution in [1.29, 1.82) is 0 Å². The van der Waals surface area contributed by atoms with Crippen LogP contribution in [0.5, 0.6) is 17.2 Å². The molecular weight excluding hydrogens is 392 g/mol. The van der Waals surface area contributed by atoms with Gasteiger partial charge in [-0.05, 0) is 30.3 Å². The molecule has 0 bridgehead atoms. The number of rotatable bonds is 11. The molecule has 0 amide bonds. The first-order chi connectivity index (χ1) is 13.5. The van der Waals surface area contributed by atoms with Crippen LogP contribution in [0.15, 0.2) is 12.1 Å². The average Bonchev–Trinajstić information content (AvgIpc) is 2.65. The Morgan fingerprint density at radius 1 is 1.03 bits per heavy atom. The monoisotopic (exact) mass is 428 g/mol. The third kappa shape index (κ3) is 6.90. The largest absolute Gasteiger partial charge is 0.493 e. The molecule has 29 heavy (non-hydrogen) atoms. The molecule has 1 N–H and O–H groups in total. The summed E-state index contributed by atoms with van der Waals surface area (Å²) in [6.45, 7) is 11.3. The van der Waals surface area contributed by atoms with Crippen LogP contribution in [-0.4, -0.2) is 60.0 Å². The second-order valence-corrected chi connectivity index (χ2v) is 13.2. The van der Waals surface area contributed by atoms with Gasteiger partial charge in [0.15, 0.2) is 19.8 Å². The van der Waals surface area contributed by atoms with E-state index >= 15 is 0 Å². The van der Waals surface area contributed by atoms with Gasteiger partial charge >= 0.3 is 5.97 Å². The highest BCUT2D eigenvalue weighted by molar-refractivity contribution is 6.74. The third-order valence-corrected chi connectivity index (χ3v) is 9.87. The van der Waals surface area contributed by atoms with Gasteiger partial charge in [-0.3, -0.25) is 0 Å². The number of hydrogen-bond donors (Lipinski definition) is 1. The van der Waals surface area contributed by atoms with Crippen LogP contribution in [-0.2, 0) is 9.16 Å². The lowest BCUT2D eigenvalue weighted by atomic mass is 10.1. The van der Waals surface area contributed by atoms with E-state index in [2.05, 4.69) is 33.9 Å². The summed E-state index contributed by atoms with van der Waals surface area (Å²) in [4.78, 5) is 12.7. The Morgan fingerprint density at radius 2 is 1.59 bits per heavy atom. The van der Waals surface area contributed by atoms with Crippen LogP contribution in [0.3, 0.4) is 0 Å². The molecule has 1 unspecified atom stereocenters. The summed E-state index contributed by atoms with van der Waals surface area (Å²) in [6, 6.07) is 3.09. The van der Waals surface area contributed by atoms with Crippen molar-refractivity contribution >= 4 is 14.3 Å². The molecule has 8 heteroatoms. The number of carbonyl (C=O) groups is 1. The van der Waals surface area contributed by atoms with E-state index in [0.717, 1.165) is 0 Å². The zero-order chi connectivity index (χ0) is 22.2. The van der Waals surface area contributed by atoms with E-state index in [1.165, 1.54) is 21.3 Å². The Bertz CT molecular complexity index is 642. The summed E-state index contributed by atoms with van der Waals surface area (Å²) in [6.07, 6.45) is 0.414. The molecule has 0 spiro atoms. The Kier molecular flexibility index (Phi) is 9.45. The van der Waals surface area contributed by atoms with Gasteiger partial charge in [0.05, 0.1) is 26.9 Å². The van der Waals surface area contributed by atoms with E-state index in [-0.39, 0.29) is 17.2 Å². The molecule has 1 aromatic rings. The average molecular weight is 429 g/mol. The summed E-state index contributed by atoms with van der Waals surface area (Å²) in [5, 5.41) is 9.46. The van der Waals surface area contributed by atoms with Crippen LogP contribution in [0.2, 0.25) is 18.1 Å². The normalized spacial score (nSPS) is 13.0. The zero-order valence-corrected chi connectivity index (χ0v) is 20.0. The van der Waals surface area contributed by atoms with Crippen molar-refractivity contribution in [2.45, 2.75) is 57.8 Å². The van der Waals surface area contributed by atoms with Crippen LogP contribution in [0.1, 0.15) is 44.0 Å². The van der Waals surface area contributed by atoms with Crippen molar-refractivity contribution in [3.8, 4) is 17.2 Å². The van der Waals surface area contributed by atoms with Crippen LogP contribution < -0.4 is 14.2 Å². The molecule has 0 radical (unpaired) electrons. The molecule has 7 nitrogen and oxygen atoms in total. The number of methoxy groups -OCH3 is 3. The Labute approximate surface area is 175 Å². The maximum atomic E-state index is 12.7. The van der Waals surface area contributed by atoms with Crippen molar-refractivity contribution in [2.75, 3.05) is 34.5 Å². The van der Waals surface area contributed by atoms with Gasteiger partial charge in [-0.1, -0.05) is 20.8 Å². The first-order valence-electron chi connectivity index (χ1n) is 9.76. The van der Waals surface area contributed by atoms with Gasteiger partial charge in [0.25, 0.3) is 0 Å². The molecule has 0 fully saturated rings. The standard InChI is InChI=1S/C21H36O7Si/c1-21(2,3)29(7,8)27-12-10-16(9-11-22)28-20(23)15-13-17(24-4)19(26-6)18(14-15)25-5/h13-14,16,22H,9-12H2,1-8H3. The quantitative estimate of drug-likeness (QED) is 0.421. The molecule has 0 aliphatic rings. The minimum Gasteiger partial charge on any atom is -0.493 e. The molecule has 1 rings (SSSR count). The molecule has 0 saturated heterocycles. The number of esters is 1. The molecule has 0 aromatic heterocycles. The first-order valence-corrected chi connectivity index (χ1v) is 12.7. The fourth-order valence-corrected chi connectivity index (χ4v) is 3.55. The Morgan fingerprint density at radius 3 is 2.00 bits per heavy atom. The summed E-state index contributed by atoms with van der Waals surface area (Å²) in [7, 11) is 2.58. The molecule has 1 atom stereocenters. The topological polar surface area (TPSA) is 83.5 Å². The predicted molar refractivity (Wildman–Crippen MR) is 115 cm³/mol. The van der Waals surface area contributed by atoms with Crippen molar-refractivity contribution in [2.24, 2.45) is 0 Å². The fourth-order valence-electron chi connectivity index (χ4n) is 2.49. The van der Waals surface area contributed by atoms with Gasteiger partial charge in [-0.2, -0.15) is 0 Å². The number of benzene rings is 1. The van der Waals surface area contributed by atoms with E-state index in [9.17, 15) is 9.90 Å². The van der Waals surface area contributed by atoms with Crippen LogP contribution in [0, 0.1) is 0 Å². The zero-order valence-electron chi connectivity index (χ0n) is 19.0. The minimum atomic E-state index is -1.88. The van der Waals surface area contributed by atoms with Crippen molar-refractivity contribution in [3.63, 3.8) is 0 Å². The van der Waals surface area contributed by atoms with E-state index in [0.29, 0.717) is 36.7 Å². The number of ether oxygens (including phenoxy) is 4. The van der Waals surface area contributed by atoms with E-state index in [4.69, 9.17) is 23.4 Å². The summed E-state index contributed by atoms with van der Waals surface area (Å²) >= 11 is 0. The van der Waals surface area contributed by atoms with Gasteiger partial charge in [0.2, 0.25) is 5.75 Å². The highest BCUT2D eigenvalue weighted by atomic mass is 28.4. The van der Waals surface area contributed by atoms with Crippen molar-refractivity contribution in [3.05, 3.63) is 17.7 Å². The number of carbonyl (C=O) groups excluding carboxylic acids is 1. The lowest BCUT2D eigenvalue weighted by Gasteiger charge is -2.36. The molecule has 166 valence electrons. The smallest absolute Gasteiger partial charge is 0.338 e. The maximum Gasteiger partial charge on any atom is 0.338 e. The van der Waals surface area contributed by atoms with Gasteiger partial charge in [0, 0.05) is 26.1 Å². The Hall–Kier alpha value is -1.77. The van der Waals surface area contributed by atoms with Gasteiger partial charge in [-0.25, -0.2) is 4.79 Å². The maximum absolute atomic E-state index is 12.7. The third-order valence-electron chi connectivity index (χ3n) is 5.33. The molecule has 0 heterocycles. The van der Waals surface area contributed by atoms with E-state index < -0.39 is 20.4 Å². The lowest BCUT2D eigenvalue weighted by molar-refractivity contribution is 0.0182. The first kappa shape index (κ1) is 25.3. The fraction of sp³-hybridized carbons (Fsp3) is 0.667. The van der Waals surface area contributed by atoms with Crippen molar-refractivity contribution < 1.29 is 33.3 Å². The second kappa shape index (κ2) is 10.8. The molecule has 0 aliphatic heterocycles. The van der Waals surface area contributed by atoms with Crippen LogP contribution in [0.25, 0.3) is 0 Å². The molecular formula is C21H36O7Si. The summed E-state index contributed by atoms with van der Waals surface area (Å²) < 4.78 is 27.7. The van der Waals surface area contributed by atoms with Gasteiger partial charge < -0.3 is 28.5 Å². The SMILES string of the molecule is COc1cc(C(=O)OC(CCO)CCO[Si](C)(C)C(C)(C)C)cc(OC)c1OC.